The van der Waals surface area contributed by atoms with Gasteiger partial charge in [-0.25, -0.2) is 16.8 Å². The first-order chi connectivity index (χ1) is 15.9. The maximum Gasteiger partial charge on any atom is 0.261 e. The Labute approximate surface area is 204 Å². The van der Waals surface area contributed by atoms with Crippen LogP contribution in [-0.4, -0.2) is 40.1 Å². The molecule has 1 amide bonds. The highest BCUT2D eigenvalue weighted by Crippen LogP contribution is 2.21. The lowest BCUT2D eigenvalue weighted by molar-refractivity contribution is 0.102. The van der Waals surface area contributed by atoms with Crippen molar-refractivity contribution in [3.8, 4) is 0 Å². The maximum atomic E-state index is 12.6. The van der Waals surface area contributed by atoms with E-state index in [2.05, 4.69) is 10.0 Å². The predicted octanol–water partition coefficient (Wildman–Crippen LogP) is 4.42. The Morgan fingerprint density at radius 3 is 1.82 bits per heavy atom. The van der Waals surface area contributed by atoms with Crippen molar-refractivity contribution in [2.24, 2.45) is 0 Å². The van der Waals surface area contributed by atoms with E-state index in [1.54, 1.807) is 38.1 Å². The Hall–Kier alpha value is -2.92. The van der Waals surface area contributed by atoms with Gasteiger partial charge in [0, 0.05) is 35.1 Å². The van der Waals surface area contributed by atoms with Gasteiger partial charge in [0.15, 0.2) is 0 Å². The van der Waals surface area contributed by atoms with E-state index in [9.17, 15) is 21.6 Å². The van der Waals surface area contributed by atoms with Gasteiger partial charge in [-0.1, -0.05) is 11.6 Å². The second kappa shape index (κ2) is 10.1. The molecule has 0 fully saturated rings. The number of anilines is 2. The van der Waals surface area contributed by atoms with Crippen LogP contribution < -0.4 is 10.0 Å². The number of benzene rings is 3. The molecule has 0 unspecified atom stereocenters. The molecular formula is C23H24ClN3O5S2. The van der Waals surface area contributed by atoms with Crippen molar-refractivity contribution >= 4 is 48.9 Å². The van der Waals surface area contributed by atoms with E-state index >= 15 is 0 Å². The van der Waals surface area contributed by atoms with Gasteiger partial charge in [-0.05, 0) is 86.6 Å². The van der Waals surface area contributed by atoms with E-state index in [0.29, 0.717) is 16.4 Å². The zero-order valence-corrected chi connectivity index (χ0v) is 21.1. The van der Waals surface area contributed by atoms with Crippen LogP contribution in [0.2, 0.25) is 5.02 Å². The van der Waals surface area contributed by atoms with Crippen molar-refractivity contribution < 1.29 is 21.6 Å². The van der Waals surface area contributed by atoms with Crippen LogP contribution in [0.15, 0.2) is 82.6 Å². The third-order valence-corrected chi connectivity index (χ3v) is 8.74. The lowest BCUT2D eigenvalue weighted by Crippen LogP contribution is -2.33. The molecule has 0 saturated carbocycles. The van der Waals surface area contributed by atoms with Gasteiger partial charge in [-0.3, -0.25) is 9.52 Å². The lowest BCUT2D eigenvalue weighted by Gasteiger charge is -2.21. The summed E-state index contributed by atoms with van der Waals surface area (Å²) in [4.78, 5) is 12.7. The number of hydrogen-bond donors (Lipinski definition) is 2. The maximum absolute atomic E-state index is 12.6. The lowest BCUT2D eigenvalue weighted by atomic mass is 10.2. The molecule has 0 aliphatic carbocycles. The largest absolute Gasteiger partial charge is 0.322 e. The first-order valence-corrected chi connectivity index (χ1v) is 13.5. The van der Waals surface area contributed by atoms with Crippen LogP contribution in [0.5, 0.6) is 0 Å². The molecule has 180 valence electrons. The van der Waals surface area contributed by atoms with Gasteiger partial charge in [0.1, 0.15) is 0 Å². The molecule has 0 saturated heterocycles. The molecule has 0 heterocycles. The molecule has 0 aliphatic rings. The summed E-state index contributed by atoms with van der Waals surface area (Å²) in [6, 6.07) is 17.3. The number of sulfonamides is 2. The summed E-state index contributed by atoms with van der Waals surface area (Å²) in [6.45, 7) is 3.55. The monoisotopic (exact) mass is 521 g/mol. The summed E-state index contributed by atoms with van der Waals surface area (Å²) >= 11 is 5.81. The van der Waals surface area contributed by atoms with E-state index in [1.807, 2.05) is 0 Å². The smallest absolute Gasteiger partial charge is 0.261 e. The molecule has 3 rings (SSSR count). The minimum Gasteiger partial charge on any atom is -0.322 e. The molecule has 0 radical (unpaired) electrons. The standard InChI is InChI=1S/C23H24ClN3O5S2/c1-16(2)27(3)34(31,32)22-14-10-19(11-15-22)25-23(28)17-4-12-21(13-5-17)33(29,30)26-20-8-6-18(24)7-9-20/h4-16,26H,1-3H3,(H,25,28). The van der Waals surface area contributed by atoms with Crippen LogP contribution in [-0.2, 0) is 20.0 Å². The topological polar surface area (TPSA) is 113 Å². The van der Waals surface area contributed by atoms with E-state index in [-0.39, 0.29) is 21.4 Å². The number of halogens is 1. The summed E-state index contributed by atoms with van der Waals surface area (Å²) in [7, 11) is -5.97. The summed E-state index contributed by atoms with van der Waals surface area (Å²) in [5, 5.41) is 3.15. The minimum atomic E-state index is -3.85. The molecule has 8 nitrogen and oxygen atoms in total. The second-order valence-corrected chi connectivity index (χ2v) is 11.8. The molecule has 0 bridgehead atoms. The quantitative estimate of drug-likeness (QED) is 0.455. The average Bonchev–Trinajstić information content (AvgIpc) is 2.80. The van der Waals surface area contributed by atoms with Crippen molar-refractivity contribution in [2.75, 3.05) is 17.1 Å². The number of nitrogens with one attached hydrogen (secondary N) is 2. The number of hydrogen-bond acceptors (Lipinski definition) is 5. The Morgan fingerprint density at radius 1 is 0.794 bits per heavy atom. The van der Waals surface area contributed by atoms with Crippen LogP contribution in [0.4, 0.5) is 11.4 Å². The van der Waals surface area contributed by atoms with Crippen molar-refractivity contribution in [2.45, 2.75) is 29.7 Å². The Balaban J connectivity index is 1.69. The molecule has 3 aromatic carbocycles. The van der Waals surface area contributed by atoms with Gasteiger partial charge in [0.05, 0.1) is 9.79 Å². The fourth-order valence-electron chi connectivity index (χ4n) is 2.87. The molecule has 0 aromatic heterocycles. The van der Waals surface area contributed by atoms with Crippen molar-refractivity contribution in [1.29, 1.82) is 0 Å². The number of nitrogens with zero attached hydrogens (tertiary/aromatic N) is 1. The number of amides is 1. The molecule has 0 atom stereocenters. The van der Waals surface area contributed by atoms with Gasteiger partial charge in [0.2, 0.25) is 10.0 Å². The molecule has 11 heteroatoms. The van der Waals surface area contributed by atoms with Crippen LogP contribution in [0.1, 0.15) is 24.2 Å². The number of rotatable bonds is 8. The highest BCUT2D eigenvalue weighted by atomic mass is 35.5. The zero-order valence-electron chi connectivity index (χ0n) is 18.7. The molecule has 3 aromatic rings. The van der Waals surface area contributed by atoms with Gasteiger partial charge in [-0.2, -0.15) is 4.31 Å². The SMILES string of the molecule is CC(C)N(C)S(=O)(=O)c1ccc(NC(=O)c2ccc(S(=O)(=O)Nc3ccc(Cl)cc3)cc2)cc1. The first kappa shape index (κ1) is 25.7. The van der Waals surface area contributed by atoms with Crippen LogP contribution >= 0.6 is 11.6 Å². The second-order valence-electron chi connectivity index (χ2n) is 7.73. The van der Waals surface area contributed by atoms with E-state index in [4.69, 9.17) is 11.6 Å². The normalized spacial score (nSPS) is 12.1. The Bertz CT molecular complexity index is 1370. The molecule has 34 heavy (non-hydrogen) atoms. The fourth-order valence-corrected chi connectivity index (χ4v) is 5.43. The van der Waals surface area contributed by atoms with Crippen molar-refractivity contribution in [3.05, 3.63) is 83.4 Å². The zero-order chi connectivity index (χ0) is 25.1. The predicted molar refractivity (Wildman–Crippen MR) is 133 cm³/mol. The molecule has 2 N–H and O–H groups in total. The Morgan fingerprint density at radius 2 is 1.29 bits per heavy atom. The molecule has 0 aliphatic heterocycles. The first-order valence-electron chi connectivity index (χ1n) is 10.2. The van der Waals surface area contributed by atoms with Gasteiger partial charge in [0.25, 0.3) is 15.9 Å². The van der Waals surface area contributed by atoms with Gasteiger partial charge < -0.3 is 5.32 Å². The highest BCUT2D eigenvalue weighted by Gasteiger charge is 2.23. The summed E-state index contributed by atoms with van der Waals surface area (Å²) in [6.07, 6.45) is 0. The summed E-state index contributed by atoms with van der Waals surface area (Å²) < 4.78 is 53.9. The Kier molecular flexibility index (Phi) is 7.67. The minimum absolute atomic E-state index is 0.0113. The average molecular weight is 522 g/mol. The number of carbonyl (C=O) groups is 1. The van der Waals surface area contributed by atoms with Crippen molar-refractivity contribution in [1.82, 2.24) is 4.31 Å². The van der Waals surface area contributed by atoms with E-state index in [1.165, 1.54) is 59.9 Å². The van der Waals surface area contributed by atoms with Gasteiger partial charge in [-0.15, -0.1) is 0 Å². The van der Waals surface area contributed by atoms with Crippen LogP contribution in [0.3, 0.4) is 0 Å². The van der Waals surface area contributed by atoms with Crippen LogP contribution in [0.25, 0.3) is 0 Å². The number of carbonyl (C=O) groups excluding carboxylic acids is 1. The van der Waals surface area contributed by atoms with Crippen molar-refractivity contribution in [3.63, 3.8) is 0 Å². The molecular weight excluding hydrogens is 498 g/mol. The van der Waals surface area contributed by atoms with E-state index < -0.39 is 26.0 Å². The third kappa shape index (κ3) is 5.95. The summed E-state index contributed by atoms with van der Waals surface area (Å²) in [5.74, 6) is -0.468. The summed E-state index contributed by atoms with van der Waals surface area (Å²) in [5.41, 5.74) is 0.996. The third-order valence-electron chi connectivity index (χ3n) is 5.04. The van der Waals surface area contributed by atoms with Gasteiger partial charge >= 0.3 is 0 Å². The fraction of sp³-hybridized carbons (Fsp3) is 0.174. The van der Waals surface area contributed by atoms with E-state index in [0.717, 1.165) is 0 Å². The highest BCUT2D eigenvalue weighted by molar-refractivity contribution is 7.92. The molecule has 0 spiro atoms. The van der Waals surface area contributed by atoms with Crippen LogP contribution in [0, 0.1) is 0 Å².